The first kappa shape index (κ1) is 12.4. The van der Waals surface area contributed by atoms with Crippen molar-refractivity contribution in [3.8, 4) is 0 Å². The lowest BCUT2D eigenvalue weighted by Gasteiger charge is -2.42. The first-order valence-corrected chi connectivity index (χ1v) is 6.97. The van der Waals surface area contributed by atoms with Crippen molar-refractivity contribution < 1.29 is 4.79 Å². The Morgan fingerprint density at radius 2 is 1.89 bits per heavy atom. The molecule has 100 valence electrons. The number of nitrogens with zero attached hydrogens (tertiary/aromatic N) is 2. The first-order chi connectivity index (χ1) is 9.24. The van der Waals surface area contributed by atoms with Gasteiger partial charge in [-0.25, -0.2) is 0 Å². The van der Waals surface area contributed by atoms with Gasteiger partial charge in [0.05, 0.1) is 6.04 Å². The summed E-state index contributed by atoms with van der Waals surface area (Å²) in [6.07, 6.45) is 3.44. The van der Waals surface area contributed by atoms with Gasteiger partial charge in [0, 0.05) is 37.8 Å². The predicted octanol–water partition coefficient (Wildman–Crippen LogP) is 2.22. The van der Waals surface area contributed by atoms with Gasteiger partial charge in [-0.2, -0.15) is 0 Å². The molecule has 1 fully saturated rings. The molecular weight excluding hydrogens is 236 g/mol. The highest BCUT2D eigenvalue weighted by Gasteiger charge is 2.29. The molecule has 0 spiro atoms. The zero-order valence-corrected chi connectivity index (χ0v) is 11.4. The van der Waals surface area contributed by atoms with Crippen LogP contribution in [0.15, 0.2) is 42.1 Å². The largest absolute Gasteiger partial charge is 0.365 e. The van der Waals surface area contributed by atoms with Gasteiger partial charge in [-0.05, 0) is 19.0 Å². The molecule has 0 amide bonds. The van der Waals surface area contributed by atoms with E-state index in [1.807, 2.05) is 6.08 Å². The van der Waals surface area contributed by atoms with Crippen LogP contribution >= 0.6 is 0 Å². The van der Waals surface area contributed by atoms with Crippen LogP contribution in [-0.2, 0) is 4.79 Å². The molecule has 3 heteroatoms. The Bertz CT molecular complexity index is 495. The van der Waals surface area contributed by atoms with E-state index in [1.54, 1.807) is 0 Å². The number of rotatable bonds is 2. The number of carbonyl (C=O) groups excluding carboxylic acids is 1. The highest BCUT2D eigenvalue weighted by Crippen LogP contribution is 2.32. The number of allylic oxidation sites excluding steroid dienone is 2. The van der Waals surface area contributed by atoms with Gasteiger partial charge < -0.3 is 9.80 Å². The van der Waals surface area contributed by atoms with Crippen LogP contribution in [0.4, 0.5) is 0 Å². The Morgan fingerprint density at radius 1 is 1.11 bits per heavy atom. The quantitative estimate of drug-likeness (QED) is 0.810. The van der Waals surface area contributed by atoms with Crippen molar-refractivity contribution in [2.75, 3.05) is 26.7 Å². The van der Waals surface area contributed by atoms with E-state index in [4.69, 9.17) is 0 Å². The standard InChI is InChI=1S/C16H20N2O/c1-17-9-10-18(14-7-8-15(19)11-14)16(12-17)13-5-3-2-4-6-13/h2-6,11,16H,7-10,12H2,1H3. The summed E-state index contributed by atoms with van der Waals surface area (Å²) in [6, 6.07) is 11.0. The molecule has 1 aromatic rings. The van der Waals surface area contributed by atoms with Gasteiger partial charge in [0.15, 0.2) is 5.78 Å². The summed E-state index contributed by atoms with van der Waals surface area (Å²) >= 11 is 0. The summed E-state index contributed by atoms with van der Waals surface area (Å²) < 4.78 is 0. The Labute approximate surface area is 114 Å². The summed E-state index contributed by atoms with van der Waals surface area (Å²) in [5.74, 6) is 0.278. The lowest BCUT2D eigenvalue weighted by molar-refractivity contribution is -0.114. The molecule has 0 radical (unpaired) electrons. The fourth-order valence-electron chi connectivity index (χ4n) is 3.03. The molecule has 1 aromatic carbocycles. The van der Waals surface area contributed by atoms with E-state index in [9.17, 15) is 4.79 Å². The van der Waals surface area contributed by atoms with Crippen LogP contribution in [0.1, 0.15) is 24.4 Å². The molecular formula is C16H20N2O. The second kappa shape index (κ2) is 5.17. The summed E-state index contributed by atoms with van der Waals surface area (Å²) in [4.78, 5) is 16.3. The fraction of sp³-hybridized carbons (Fsp3) is 0.438. The molecule has 1 unspecified atom stereocenters. The molecule has 19 heavy (non-hydrogen) atoms. The van der Waals surface area contributed by atoms with Gasteiger partial charge in [-0.3, -0.25) is 4.79 Å². The summed E-state index contributed by atoms with van der Waals surface area (Å²) in [5, 5.41) is 0. The topological polar surface area (TPSA) is 23.6 Å². The predicted molar refractivity (Wildman–Crippen MR) is 75.7 cm³/mol. The van der Waals surface area contributed by atoms with Gasteiger partial charge in [-0.1, -0.05) is 30.3 Å². The number of likely N-dealkylation sites (N-methyl/N-ethyl adjacent to an activating group) is 1. The third-order valence-electron chi connectivity index (χ3n) is 4.09. The number of piperazine rings is 1. The third kappa shape index (κ3) is 2.56. The maximum absolute atomic E-state index is 11.5. The van der Waals surface area contributed by atoms with Crippen LogP contribution in [0.5, 0.6) is 0 Å². The second-order valence-electron chi connectivity index (χ2n) is 5.48. The van der Waals surface area contributed by atoms with Crippen LogP contribution in [0, 0.1) is 0 Å². The van der Waals surface area contributed by atoms with Crippen molar-refractivity contribution in [3.63, 3.8) is 0 Å². The Morgan fingerprint density at radius 3 is 2.58 bits per heavy atom. The zero-order valence-electron chi connectivity index (χ0n) is 11.4. The van der Waals surface area contributed by atoms with E-state index in [0.717, 1.165) is 26.1 Å². The minimum Gasteiger partial charge on any atom is -0.365 e. The van der Waals surface area contributed by atoms with Gasteiger partial charge >= 0.3 is 0 Å². The van der Waals surface area contributed by atoms with Gasteiger partial charge in [-0.15, -0.1) is 0 Å². The molecule has 1 heterocycles. The zero-order chi connectivity index (χ0) is 13.2. The smallest absolute Gasteiger partial charge is 0.157 e. The molecule has 1 aliphatic carbocycles. The number of hydrogen-bond donors (Lipinski definition) is 0. The molecule has 0 aromatic heterocycles. The first-order valence-electron chi connectivity index (χ1n) is 6.97. The molecule has 1 atom stereocenters. The minimum absolute atomic E-state index is 0.278. The van der Waals surface area contributed by atoms with Crippen LogP contribution in [-0.4, -0.2) is 42.3 Å². The van der Waals surface area contributed by atoms with Gasteiger partial charge in [0.25, 0.3) is 0 Å². The maximum Gasteiger partial charge on any atom is 0.157 e. The SMILES string of the molecule is CN1CCN(C2=CC(=O)CC2)C(c2ccccc2)C1. The average molecular weight is 256 g/mol. The Kier molecular flexibility index (Phi) is 3.38. The fourth-order valence-corrected chi connectivity index (χ4v) is 3.03. The van der Waals surface area contributed by atoms with Crippen LogP contribution < -0.4 is 0 Å². The Balaban J connectivity index is 1.88. The van der Waals surface area contributed by atoms with E-state index in [1.165, 1.54) is 11.3 Å². The molecule has 3 nitrogen and oxygen atoms in total. The van der Waals surface area contributed by atoms with Crippen molar-refractivity contribution in [1.82, 2.24) is 9.80 Å². The molecule has 3 rings (SSSR count). The van der Waals surface area contributed by atoms with Crippen molar-refractivity contribution in [1.29, 1.82) is 0 Å². The van der Waals surface area contributed by atoms with Crippen LogP contribution in [0.2, 0.25) is 0 Å². The summed E-state index contributed by atoms with van der Waals surface area (Å²) in [6.45, 7) is 3.10. The molecule has 0 saturated carbocycles. The van der Waals surface area contributed by atoms with E-state index in [0.29, 0.717) is 12.5 Å². The molecule has 0 bridgehead atoms. The molecule has 2 aliphatic rings. The molecule has 1 saturated heterocycles. The number of ketones is 1. The van der Waals surface area contributed by atoms with Crippen molar-refractivity contribution >= 4 is 5.78 Å². The van der Waals surface area contributed by atoms with E-state index in [2.05, 4.69) is 47.2 Å². The normalized spacial score (nSPS) is 24.7. The lowest BCUT2D eigenvalue weighted by atomic mass is 10.0. The van der Waals surface area contributed by atoms with Crippen molar-refractivity contribution in [3.05, 3.63) is 47.7 Å². The van der Waals surface area contributed by atoms with E-state index < -0.39 is 0 Å². The van der Waals surface area contributed by atoms with Crippen molar-refractivity contribution in [2.45, 2.75) is 18.9 Å². The lowest BCUT2D eigenvalue weighted by Crippen LogP contribution is -2.46. The highest BCUT2D eigenvalue weighted by molar-refractivity contribution is 5.92. The molecule has 0 N–H and O–H groups in total. The highest BCUT2D eigenvalue weighted by atomic mass is 16.1. The number of carbonyl (C=O) groups is 1. The van der Waals surface area contributed by atoms with Crippen molar-refractivity contribution in [2.24, 2.45) is 0 Å². The summed E-state index contributed by atoms with van der Waals surface area (Å²) in [7, 11) is 2.17. The number of benzene rings is 1. The second-order valence-corrected chi connectivity index (χ2v) is 5.48. The van der Waals surface area contributed by atoms with Gasteiger partial charge in [0.2, 0.25) is 0 Å². The van der Waals surface area contributed by atoms with E-state index >= 15 is 0 Å². The number of hydrogen-bond acceptors (Lipinski definition) is 3. The summed E-state index contributed by atoms with van der Waals surface area (Å²) in [5.41, 5.74) is 2.57. The van der Waals surface area contributed by atoms with Gasteiger partial charge in [0.1, 0.15) is 0 Å². The maximum atomic E-state index is 11.5. The third-order valence-corrected chi connectivity index (χ3v) is 4.09. The van der Waals surface area contributed by atoms with Crippen LogP contribution in [0.3, 0.4) is 0 Å². The van der Waals surface area contributed by atoms with E-state index in [-0.39, 0.29) is 5.78 Å². The van der Waals surface area contributed by atoms with Crippen LogP contribution in [0.25, 0.3) is 0 Å². The monoisotopic (exact) mass is 256 g/mol. The Hall–Kier alpha value is -1.61. The average Bonchev–Trinajstić information content (AvgIpc) is 2.86. The minimum atomic E-state index is 0.278. The molecule has 1 aliphatic heterocycles.